The summed E-state index contributed by atoms with van der Waals surface area (Å²) >= 11 is 0. The maximum absolute atomic E-state index is 12.2. The van der Waals surface area contributed by atoms with Crippen LogP contribution in [0.4, 0.5) is 0 Å². The van der Waals surface area contributed by atoms with Gasteiger partial charge in [-0.25, -0.2) is 0 Å². The van der Waals surface area contributed by atoms with Gasteiger partial charge in [0.1, 0.15) is 12.0 Å². The fourth-order valence-electron chi connectivity index (χ4n) is 2.75. The standard InChI is InChI=1S/C16H19NO5/c1-9-14(22-10(2)18)12(16(20)21-3)13(17-15(9)19)11-7-5-4-6-8-11/h4-9,12-14H,1-3H3,(H,17,19)/t9-,12+,13+,14+/m0/s1. The van der Waals surface area contributed by atoms with Crippen LogP contribution in [-0.4, -0.2) is 31.1 Å². The van der Waals surface area contributed by atoms with Crippen molar-refractivity contribution in [3.63, 3.8) is 0 Å². The normalized spacial score (nSPS) is 27.7. The van der Waals surface area contributed by atoms with Gasteiger partial charge in [-0.1, -0.05) is 30.3 Å². The summed E-state index contributed by atoms with van der Waals surface area (Å²) in [6.07, 6.45) is -0.857. The van der Waals surface area contributed by atoms with Crippen LogP contribution in [-0.2, 0) is 23.9 Å². The van der Waals surface area contributed by atoms with Gasteiger partial charge in [-0.15, -0.1) is 0 Å². The quantitative estimate of drug-likeness (QED) is 0.849. The number of rotatable bonds is 3. The van der Waals surface area contributed by atoms with Crippen molar-refractivity contribution in [1.82, 2.24) is 5.32 Å². The number of carbonyl (C=O) groups excluding carboxylic acids is 3. The molecule has 0 bridgehead atoms. The highest BCUT2D eigenvalue weighted by Gasteiger charge is 2.48. The number of esters is 2. The van der Waals surface area contributed by atoms with Gasteiger partial charge in [0.25, 0.3) is 0 Å². The van der Waals surface area contributed by atoms with E-state index >= 15 is 0 Å². The molecule has 1 amide bonds. The minimum atomic E-state index is -0.857. The van der Waals surface area contributed by atoms with E-state index in [1.807, 2.05) is 30.3 Å². The van der Waals surface area contributed by atoms with Gasteiger partial charge in [-0.05, 0) is 12.5 Å². The third kappa shape index (κ3) is 3.10. The van der Waals surface area contributed by atoms with Crippen LogP contribution in [0, 0.1) is 11.8 Å². The summed E-state index contributed by atoms with van der Waals surface area (Å²) < 4.78 is 10.1. The minimum absolute atomic E-state index is 0.264. The van der Waals surface area contributed by atoms with E-state index in [-0.39, 0.29) is 5.91 Å². The van der Waals surface area contributed by atoms with E-state index in [0.717, 1.165) is 5.56 Å². The van der Waals surface area contributed by atoms with Crippen molar-refractivity contribution >= 4 is 17.8 Å². The number of piperidine rings is 1. The number of carbonyl (C=O) groups is 3. The first-order valence-electron chi connectivity index (χ1n) is 7.06. The molecule has 1 N–H and O–H groups in total. The van der Waals surface area contributed by atoms with E-state index < -0.39 is 35.9 Å². The molecule has 0 saturated carbocycles. The van der Waals surface area contributed by atoms with Crippen molar-refractivity contribution < 1.29 is 23.9 Å². The zero-order chi connectivity index (χ0) is 16.3. The first-order valence-corrected chi connectivity index (χ1v) is 7.06. The zero-order valence-electron chi connectivity index (χ0n) is 12.7. The van der Waals surface area contributed by atoms with Gasteiger partial charge in [0, 0.05) is 6.92 Å². The third-order valence-corrected chi connectivity index (χ3v) is 3.85. The number of methoxy groups -OCH3 is 1. The summed E-state index contributed by atoms with van der Waals surface area (Å²) in [6, 6.07) is 8.49. The number of hydrogen-bond donors (Lipinski definition) is 1. The summed E-state index contributed by atoms with van der Waals surface area (Å²) in [4.78, 5) is 35.8. The number of amides is 1. The predicted octanol–water partition coefficient (Wildman–Crippen LogP) is 1.21. The molecular formula is C16H19NO5. The highest BCUT2D eigenvalue weighted by atomic mass is 16.6. The zero-order valence-corrected chi connectivity index (χ0v) is 12.7. The summed E-state index contributed by atoms with van der Waals surface area (Å²) in [5.41, 5.74) is 0.760. The smallest absolute Gasteiger partial charge is 0.314 e. The lowest BCUT2D eigenvalue weighted by atomic mass is 9.79. The molecule has 1 aromatic rings. The van der Waals surface area contributed by atoms with E-state index in [1.165, 1.54) is 14.0 Å². The van der Waals surface area contributed by atoms with E-state index in [4.69, 9.17) is 9.47 Å². The van der Waals surface area contributed by atoms with E-state index in [0.29, 0.717) is 0 Å². The lowest BCUT2D eigenvalue weighted by molar-refractivity contribution is -0.170. The largest absolute Gasteiger partial charge is 0.469 e. The van der Waals surface area contributed by atoms with E-state index in [9.17, 15) is 14.4 Å². The Morgan fingerprint density at radius 1 is 1.18 bits per heavy atom. The molecule has 118 valence electrons. The van der Waals surface area contributed by atoms with Gasteiger partial charge >= 0.3 is 11.9 Å². The van der Waals surface area contributed by atoms with E-state index in [2.05, 4.69) is 5.32 Å². The van der Waals surface area contributed by atoms with Crippen molar-refractivity contribution in [2.75, 3.05) is 7.11 Å². The third-order valence-electron chi connectivity index (χ3n) is 3.85. The molecule has 0 spiro atoms. The van der Waals surface area contributed by atoms with Gasteiger partial charge in [0.15, 0.2) is 0 Å². The second-order valence-electron chi connectivity index (χ2n) is 5.31. The van der Waals surface area contributed by atoms with Crippen LogP contribution in [0.15, 0.2) is 30.3 Å². The molecule has 0 unspecified atom stereocenters. The Hall–Kier alpha value is -2.37. The maximum atomic E-state index is 12.2. The molecule has 1 aliphatic heterocycles. The van der Waals surface area contributed by atoms with Gasteiger partial charge in [-0.2, -0.15) is 0 Å². The van der Waals surface area contributed by atoms with Gasteiger partial charge in [0.05, 0.1) is 19.1 Å². The number of benzene rings is 1. The SMILES string of the molecule is COC(=O)[C@H]1[C@H](OC(C)=O)[C@H](C)C(=O)N[C@@H]1c1ccccc1. The van der Waals surface area contributed by atoms with Crippen LogP contribution >= 0.6 is 0 Å². The average molecular weight is 305 g/mol. The Kier molecular flexibility index (Phi) is 4.80. The predicted molar refractivity (Wildman–Crippen MR) is 77.5 cm³/mol. The van der Waals surface area contributed by atoms with Crippen LogP contribution < -0.4 is 5.32 Å². The fourth-order valence-corrected chi connectivity index (χ4v) is 2.75. The fraction of sp³-hybridized carbons (Fsp3) is 0.438. The molecule has 0 aliphatic carbocycles. The Balaban J connectivity index is 2.44. The first kappa shape index (κ1) is 16.0. The van der Waals surface area contributed by atoms with Crippen molar-refractivity contribution in [2.45, 2.75) is 26.0 Å². The number of ether oxygens (including phenoxy) is 2. The Bertz CT molecular complexity index is 571. The monoisotopic (exact) mass is 305 g/mol. The molecule has 1 saturated heterocycles. The van der Waals surface area contributed by atoms with Crippen LogP contribution in [0.25, 0.3) is 0 Å². The molecule has 4 atom stereocenters. The minimum Gasteiger partial charge on any atom is -0.469 e. The van der Waals surface area contributed by atoms with Crippen molar-refractivity contribution in [3.8, 4) is 0 Å². The molecule has 1 aromatic carbocycles. The second kappa shape index (κ2) is 6.60. The lowest BCUT2D eigenvalue weighted by Gasteiger charge is -2.39. The lowest BCUT2D eigenvalue weighted by Crippen LogP contribution is -2.55. The van der Waals surface area contributed by atoms with Crippen LogP contribution in [0.2, 0.25) is 0 Å². The summed E-state index contributed by atoms with van der Waals surface area (Å²) in [5.74, 6) is -2.74. The average Bonchev–Trinajstić information content (AvgIpc) is 2.51. The highest BCUT2D eigenvalue weighted by molar-refractivity contribution is 5.85. The van der Waals surface area contributed by atoms with Gasteiger partial charge in [-0.3, -0.25) is 14.4 Å². The molecule has 2 rings (SSSR count). The Morgan fingerprint density at radius 3 is 2.36 bits per heavy atom. The molecule has 0 aromatic heterocycles. The number of nitrogens with one attached hydrogen (secondary N) is 1. The highest BCUT2D eigenvalue weighted by Crippen LogP contribution is 2.35. The summed E-state index contributed by atoms with van der Waals surface area (Å²) in [5, 5.41) is 2.82. The van der Waals surface area contributed by atoms with Crippen molar-refractivity contribution in [2.24, 2.45) is 11.8 Å². The van der Waals surface area contributed by atoms with Crippen LogP contribution in [0.1, 0.15) is 25.5 Å². The molecule has 6 heteroatoms. The number of hydrogen-bond acceptors (Lipinski definition) is 5. The molecule has 1 fully saturated rings. The van der Waals surface area contributed by atoms with Crippen molar-refractivity contribution in [1.29, 1.82) is 0 Å². The second-order valence-corrected chi connectivity index (χ2v) is 5.31. The summed E-state index contributed by atoms with van der Waals surface area (Å²) in [6.45, 7) is 2.88. The van der Waals surface area contributed by atoms with Gasteiger partial charge in [0.2, 0.25) is 5.91 Å². The first-order chi connectivity index (χ1) is 10.5. The molecular weight excluding hydrogens is 286 g/mol. The van der Waals surface area contributed by atoms with E-state index in [1.54, 1.807) is 6.92 Å². The molecule has 1 aliphatic rings. The van der Waals surface area contributed by atoms with Crippen LogP contribution in [0.5, 0.6) is 0 Å². The molecule has 22 heavy (non-hydrogen) atoms. The van der Waals surface area contributed by atoms with Crippen LogP contribution in [0.3, 0.4) is 0 Å². The molecule has 0 radical (unpaired) electrons. The summed E-state index contributed by atoms with van der Waals surface area (Å²) in [7, 11) is 1.27. The molecule has 6 nitrogen and oxygen atoms in total. The van der Waals surface area contributed by atoms with Gasteiger partial charge < -0.3 is 14.8 Å². The van der Waals surface area contributed by atoms with Crippen molar-refractivity contribution in [3.05, 3.63) is 35.9 Å². The Labute approximate surface area is 128 Å². The topological polar surface area (TPSA) is 81.7 Å². The maximum Gasteiger partial charge on any atom is 0.314 e. The molecule has 1 heterocycles. The Morgan fingerprint density at radius 2 is 1.82 bits per heavy atom.